The highest BCUT2D eigenvalue weighted by Crippen LogP contribution is 2.24. The first-order valence-corrected chi connectivity index (χ1v) is 6.07. The number of benzene rings is 1. The van der Waals surface area contributed by atoms with Gasteiger partial charge in [-0.3, -0.25) is 0 Å². The first-order chi connectivity index (χ1) is 8.29. The van der Waals surface area contributed by atoms with Crippen molar-refractivity contribution < 1.29 is 14.3 Å². The Morgan fingerprint density at radius 3 is 3.18 bits per heavy atom. The number of hydrogen-bond acceptors (Lipinski definition) is 3. The van der Waals surface area contributed by atoms with Crippen LogP contribution < -0.4 is 4.74 Å². The zero-order valence-electron chi connectivity index (χ0n) is 10.1. The maximum Gasteiger partial charge on any atom is 0.124 e. The van der Waals surface area contributed by atoms with E-state index in [0.29, 0.717) is 13.0 Å². The molecule has 0 aromatic heterocycles. The summed E-state index contributed by atoms with van der Waals surface area (Å²) in [5, 5.41) is 0. The summed E-state index contributed by atoms with van der Waals surface area (Å²) in [6, 6.07) is 7.98. The Balaban J connectivity index is 2.02. The lowest BCUT2D eigenvalue weighted by molar-refractivity contribution is -0.108. The summed E-state index contributed by atoms with van der Waals surface area (Å²) in [6.07, 6.45) is 2.64. The van der Waals surface area contributed by atoms with Crippen molar-refractivity contribution in [1.29, 1.82) is 0 Å². The molecule has 1 fully saturated rings. The molecule has 0 spiro atoms. The summed E-state index contributed by atoms with van der Waals surface area (Å²) in [4.78, 5) is 10.5. The SMILES string of the molecule is CC(CC=O)c1cccc(OC2CCOC2)c1. The molecule has 0 N–H and O–H groups in total. The zero-order valence-corrected chi connectivity index (χ0v) is 10.1. The van der Waals surface area contributed by atoms with Gasteiger partial charge in [0.1, 0.15) is 18.1 Å². The van der Waals surface area contributed by atoms with Crippen molar-refractivity contribution in [3.8, 4) is 5.75 Å². The third kappa shape index (κ3) is 3.30. The molecule has 0 aliphatic carbocycles. The van der Waals surface area contributed by atoms with Crippen molar-refractivity contribution in [2.45, 2.75) is 31.8 Å². The Morgan fingerprint density at radius 2 is 2.47 bits per heavy atom. The van der Waals surface area contributed by atoms with Crippen LogP contribution in [0.5, 0.6) is 5.75 Å². The lowest BCUT2D eigenvalue weighted by Crippen LogP contribution is -2.15. The lowest BCUT2D eigenvalue weighted by Gasteiger charge is -2.14. The van der Waals surface area contributed by atoms with E-state index in [-0.39, 0.29) is 12.0 Å². The van der Waals surface area contributed by atoms with E-state index in [4.69, 9.17) is 9.47 Å². The monoisotopic (exact) mass is 234 g/mol. The van der Waals surface area contributed by atoms with Gasteiger partial charge in [0.2, 0.25) is 0 Å². The van der Waals surface area contributed by atoms with Crippen LogP contribution in [0.15, 0.2) is 24.3 Å². The Hall–Kier alpha value is -1.35. The Labute approximate surface area is 102 Å². The minimum Gasteiger partial charge on any atom is -0.488 e. The van der Waals surface area contributed by atoms with Crippen LogP contribution in [0.4, 0.5) is 0 Å². The predicted octanol–water partition coefficient (Wildman–Crippen LogP) is 2.55. The summed E-state index contributed by atoms with van der Waals surface area (Å²) < 4.78 is 11.1. The van der Waals surface area contributed by atoms with Crippen LogP contribution in [0.25, 0.3) is 0 Å². The summed E-state index contributed by atoms with van der Waals surface area (Å²) in [5.41, 5.74) is 1.15. The first-order valence-electron chi connectivity index (χ1n) is 6.07. The van der Waals surface area contributed by atoms with Gasteiger partial charge in [0.15, 0.2) is 0 Å². The van der Waals surface area contributed by atoms with Crippen molar-refractivity contribution in [3.63, 3.8) is 0 Å². The highest BCUT2D eigenvalue weighted by atomic mass is 16.5. The molecule has 0 amide bonds. The van der Waals surface area contributed by atoms with Gasteiger partial charge in [-0.1, -0.05) is 19.1 Å². The highest BCUT2D eigenvalue weighted by Gasteiger charge is 2.17. The van der Waals surface area contributed by atoms with Gasteiger partial charge in [-0.25, -0.2) is 0 Å². The molecule has 1 saturated heterocycles. The number of aldehydes is 1. The molecular formula is C14H18O3. The van der Waals surface area contributed by atoms with E-state index in [0.717, 1.165) is 30.6 Å². The number of carbonyl (C=O) groups excluding carboxylic acids is 1. The average molecular weight is 234 g/mol. The minimum atomic E-state index is 0.173. The smallest absolute Gasteiger partial charge is 0.124 e. The molecular weight excluding hydrogens is 216 g/mol. The molecule has 1 heterocycles. The molecule has 92 valence electrons. The molecule has 1 aliphatic rings. The van der Waals surface area contributed by atoms with E-state index >= 15 is 0 Å². The van der Waals surface area contributed by atoms with Gasteiger partial charge >= 0.3 is 0 Å². The fraction of sp³-hybridized carbons (Fsp3) is 0.500. The van der Waals surface area contributed by atoms with Crippen molar-refractivity contribution in [2.24, 2.45) is 0 Å². The van der Waals surface area contributed by atoms with Gasteiger partial charge in [0.25, 0.3) is 0 Å². The minimum absolute atomic E-state index is 0.173. The van der Waals surface area contributed by atoms with E-state index in [2.05, 4.69) is 0 Å². The number of rotatable bonds is 5. The summed E-state index contributed by atoms with van der Waals surface area (Å²) in [6.45, 7) is 3.51. The van der Waals surface area contributed by atoms with Crippen LogP contribution in [0, 0.1) is 0 Å². The lowest BCUT2D eigenvalue weighted by atomic mass is 9.98. The summed E-state index contributed by atoms with van der Waals surface area (Å²) in [7, 11) is 0. The molecule has 0 bridgehead atoms. The van der Waals surface area contributed by atoms with Gasteiger partial charge in [0, 0.05) is 12.8 Å². The fourth-order valence-electron chi connectivity index (χ4n) is 1.97. The van der Waals surface area contributed by atoms with Crippen molar-refractivity contribution in [3.05, 3.63) is 29.8 Å². The van der Waals surface area contributed by atoms with Crippen LogP contribution in [0.1, 0.15) is 31.2 Å². The zero-order chi connectivity index (χ0) is 12.1. The van der Waals surface area contributed by atoms with E-state index in [9.17, 15) is 4.79 Å². The average Bonchev–Trinajstić information content (AvgIpc) is 2.82. The topological polar surface area (TPSA) is 35.5 Å². The van der Waals surface area contributed by atoms with Crippen molar-refractivity contribution >= 4 is 6.29 Å². The van der Waals surface area contributed by atoms with Gasteiger partial charge in [0.05, 0.1) is 13.2 Å². The molecule has 3 heteroatoms. The van der Waals surface area contributed by atoms with Crippen LogP contribution in [-0.4, -0.2) is 25.6 Å². The maximum atomic E-state index is 10.5. The Bertz CT molecular complexity index is 369. The summed E-state index contributed by atoms with van der Waals surface area (Å²) in [5.74, 6) is 1.12. The molecule has 2 atom stereocenters. The second-order valence-electron chi connectivity index (χ2n) is 4.48. The van der Waals surface area contributed by atoms with E-state index in [1.54, 1.807) is 0 Å². The predicted molar refractivity (Wildman–Crippen MR) is 65.4 cm³/mol. The number of ether oxygens (including phenoxy) is 2. The third-order valence-corrected chi connectivity index (χ3v) is 3.07. The molecule has 1 aliphatic heterocycles. The second-order valence-corrected chi connectivity index (χ2v) is 4.48. The van der Waals surface area contributed by atoms with E-state index in [1.165, 1.54) is 0 Å². The Kier molecular flexibility index (Phi) is 4.15. The van der Waals surface area contributed by atoms with E-state index < -0.39 is 0 Å². The number of hydrogen-bond donors (Lipinski definition) is 0. The first kappa shape index (κ1) is 12.1. The standard InChI is InChI=1S/C14H18O3/c1-11(5-7-15)12-3-2-4-13(9-12)17-14-6-8-16-10-14/h2-4,7,9,11,14H,5-6,8,10H2,1H3. The highest BCUT2D eigenvalue weighted by molar-refractivity contribution is 5.51. The molecule has 2 rings (SSSR count). The normalized spacial score (nSPS) is 21.1. The van der Waals surface area contributed by atoms with Crippen LogP contribution in [0.3, 0.4) is 0 Å². The molecule has 17 heavy (non-hydrogen) atoms. The van der Waals surface area contributed by atoms with Crippen LogP contribution in [-0.2, 0) is 9.53 Å². The molecule has 1 aromatic rings. The quantitative estimate of drug-likeness (QED) is 0.734. The van der Waals surface area contributed by atoms with Gasteiger partial charge < -0.3 is 14.3 Å². The maximum absolute atomic E-state index is 10.5. The molecule has 2 unspecified atom stereocenters. The second kappa shape index (κ2) is 5.82. The van der Waals surface area contributed by atoms with Gasteiger partial charge in [-0.2, -0.15) is 0 Å². The fourth-order valence-corrected chi connectivity index (χ4v) is 1.97. The van der Waals surface area contributed by atoms with E-state index in [1.807, 2.05) is 31.2 Å². The Morgan fingerprint density at radius 1 is 1.59 bits per heavy atom. The van der Waals surface area contributed by atoms with Gasteiger partial charge in [-0.05, 0) is 23.6 Å². The summed E-state index contributed by atoms with van der Waals surface area (Å²) >= 11 is 0. The molecule has 0 radical (unpaired) electrons. The van der Waals surface area contributed by atoms with Crippen molar-refractivity contribution in [2.75, 3.05) is 13.2 Å². The number of carbonyl (C=O) groups is 1. The van der Waals surface area contributed by atoms with Crippen LogP contribution in [0.2, 0.25) is 0 Å². The van der Waals surface area contributed by atoms with Crippen LogP contribution >= 0.6 is 0 Å². The molecule has 0 saturated carbocycles. The molecule has 1 aromatic carbocycles. The molecule has 3 nitrogen and oxygen atoms in total. The third-order valence-electron chi connectivity index (χ3n) is 3.07. The van der Waals surface area contributed by atoms with Gasteiger partial charge in [-0.15, -0.1) is 0 Å². The largest absolute Gasteiger partial charge is 0.488 e. The van der Waals surface area contributed by atoms with Crippen molar-refractivity contribution in [1.82, 2.24) is 0 Å².